The molecule has 1 amide bonds. The lowest BCUT2D eigenvalue weighted by Crippen LogP contribution is -2.13. The van der Waals surface area contributed by atoms with Crippen LogP contribution in [0.4, 0.5) is 14.5 Å². The molecule has 0 aliphatic rings. The van der Waals surface area contributed by atoms with Gasteiger partial charge in [-0.3, -0.25) is 4.79 Å². The molecule has 0 unspecified atom stereocenters. The number of carbonyl (C=O) groups is 1. The van der Waals surface area contributed by atoms with Gasteiger partial charge in [0.05, 0.1) is 5.69 Å². The van der Waals surface area contributed by atoms with Crippen LogP contribution in [0.5, 0.6) is 0 Å². The summed E-state index contributed by atoms with van der Waals surface area (Å²) in [6.45, 7) is 0. The zero-order valence-electron chi connectivity index (χ0n) is 7.78. The summed E-state index contributed by atoms with van der Waals surface area (Å²) in [6.07, 6.45) is 1.06. The minimum absolute atomic E-state index is 0.122. The first-order chi connectivity index (χ1) is 7.66. The first kappa shape index (κ1) is 10.2. The molecule has 2 rings (SSSR count). The van der Waals surface area contributed by atoms with Crippen molar-refractivity contribution in [1.29, 1.82) is 0 Å². The molecule has 0 saturated carbocycles. The third-order valence-corrected chi connectivity index (χ3v) is 1.77. The maximum Gasteiger partial charge on any atom is 0.279 e. The highest BCUT2D eigenvalue weighted by Gasteiger charge is 2.13. The molecule has 0 radical (unpaired) electrons. The van der Waals surface area contributed by atoms with Crippen LogP contribution in [-0.4, -0.2) is 16.2 Å². The van der Waals surface area contributed by atoms with Gasteiger partial charge in [-0.2, -0.15) is 0 Å². The van der Waals surface area contributed by atoms with Crippen LogP contribution >= 0.6 is 0 Å². The molecule has 82 valence electrons. The number of halogens is 2. The minimum Gasteiger partial charge on any atom is -0.318 e. The van der Waals surface area contributed by atoms with E-state index < -0.39 is 17.5 Å². The second kappa shape index (κ2) is 4.05. The van der Waals surface area contributed by atoms with E-state index in [1.54, 1.807) is 0 Å². The third-order valence-electron chi connectivity index (χ3n) is 1.77. The largest absolute Gasteiger partial charge is 0.318 e. The molecule has 1 aromatic carbocycles. The second-order valence-corrected chi connectivity index (χ2v) is 2.87. The van der Waals surface area contributed by atoms with Crippen molar-refractivity contribution in [3.63, 3.8) is 0 Å². The quantitative estimate of drug-likeness (QED) is 0.842. The van der Waals surface area contributed by atoms with Crippen molar-refractivity contribution in [2.75, 3.05) is 5.32 Å². The normalized spacial score (nSPS) is 10.1. The van der Waals surface area contributed by atoms with Gasteiger partial charge in [0.25, 0.3) is 5.91 Å². The molecule has 0 atom stereocenters. The summed E-state index contributed by atoms with van der Waals surface area (Å²) in [4.78, 5) is 11.4. The Hall–Kier alpha value is -2.31. The number of nitrogens with zero attached hydrogens (tertiary/aromatic N) is 2. The van der Waals surface area contributed by atoms with E-state index in [4.69, 9.17) is 0 Å². The summed E-state index contributed by atoms with van der Waals surface area (Å²) in [7, 11) is 0. The average molecular weight is 225 g/mol. The molecule has 1 aromatic heterocycles. The van der Waals surface area contributed by atoms with E-state index in [1.165, 1.54) is 0 Å². The number of hydrogen-bond acceptors (Lipinski definition) is 4. The number of carbonyl (C=O) groups excluding carboxylic acids is 1. The standard InChI is InChI=1S/C9H5F2N3O2/c10-5-1-2-6(11)7(3-5)13-9(15)8-4-12-16-14-8/h1-4H,(H,13,15). The molecular weight excluding hydrogens is 220 g/mol. The van der Waals surface area contributed by atoms with E-state index in [1.807, 2.05) is 0 Å². The van der Waals surface area contributed by atoms with E-state index in [-0.39, 0.29) is 11.4 Å². The highest BCUT2D eigenvalue weighted by molar-refractivity contribution is 6.02. The van der Waals surface area contributed by atoms with Crippen molar-refractivity contribution in [3.8, 4) is 0 Å². The maximum atomic E-state index is 13.1. The first-order valence-electron chi connectivity index (χ1n) is 4.21. The summed E-state index contributed by atoms with van der Waals surface area (Å²) in [6, 6.07) is 2.72. The number of hydrogen-bond donors (Lipinski definition) is 1. The van der Waals surface area contributed by atoms with Gasteiger partial charge in [-0.1, -0.05) is 5.16 Å². The summed E-state index contributed by atoms with van der Waals surface area (Å²) >= 11 is 0. The summed E-state index contributed by atoms with van der Waals surface area (Å²) in [5.74, 6) is -2.13. The van der Waals surface area contributed by atoms with Gasteiger partial charge in [0.2, 0.25) is 0 Å². The molecule has 7 heteroatoms. The third kappa shape index (κ3) is 2.02. The molecule has 16 heavy (non-hydrogen) atoms. The molecule has 1 heterocycles. The lowest BCUT2D eigenvalue weighted by atomic mass is 10.3. The van der Waals surface area contributed by atoms with Crippen LogP contribution in [0.2, 0.25) is 0 Å². The number of anilines is 1. The number of rotatable bonds is 2. The predicted molar refractivity (Wildman–Crippen MR) is 48.6 cm³/mol. The number of benzene rings is 1. The molecule has 0 fully saturated rings. The highest BCUT2D eigenvalue weighted by atomic mass is 19.1. The zero-order valence-corrected chi connectivity index (χ0v) is 7.78. The zero-order chi connectivity index (χ0) is 11.5. The fourth-order valence-corrected chi connectivity index (χ4v) is 1.04. The Morgan fingerprint density at radius 1 is 1.38 bits per heavy atom. The molecular formula is C9H5F2N3O2. The molecule has 0 spiro atoms. The summed E-state index contributed by atoms with van der Waals surface area (Å²) in [5.41, 5.74) is -0.392. The Bertz CT molecular complexity index is 513. The van der Waals surface area contributed by atoms with Gasteiger partial charge >= 0.3 is 0 Å². The van der Waals surface area contributed by atoms with E-state index in [0.717, 1.165) is 24.4 Å². The van der Waals surface area contributed by atoms with Gasteiger partial charge < -0.3 is 5.32 Å². The van der Waals surface area contributed by atoms with Crippen LogP contribution in [0.1, 0.15) is 10.5 Å². The fourth-order valence-electron chi connectivity index (χ4n) is 1.04. The summed E-state index contributed by atoms with van der Waals surface area (Å²) < 4.78 is 30.1. The Morgan fingerprint density at radius 2 is 2.19 bits per heavy atom. The monoisotopic (exact) mass is 225 g/mol. The number of nitrogens with one attached hydrogen (secondary N) is 1. The average Bonchev–Trinajstić information content (AvgIpc) is 2.76. The van der Waals surface area contributed by atoms with Gasteiger partial charge in [0, 0.05) is 6.07 Å². The summed E-state index contributed by atoms with van der Waals surface area (Å²) in [5, 5.41) is 8.60. The molecule has 2 aromatic rings. The lowest BCUT2D eigenvalue weighted by molar-refractivity contribution is 0.101. The molecule has 1 N–H and O–H groups in total. The topological polar surface area (TPSA) is 68.0 Å². The van der Waals surface area contributed by atoms with Crippen molar-refractivity contribution in [1.82, 2.24) is 10.3 Å². The Labute approximate surface area is 88.0 Å². The molecule has 0 bridgehead atoms. The molecule has 5 nitrogen and oxygen atoms in total. The van der Waals surface area contributed by atoms with Crippen molar-refractivity contribution >= 4 is 11.6 Å². The number of amides is 1. The van der Waals surface area contributed by atoms with Gasteiger partial charge in [0.1, 0.15) is 17.8 Å². The van der Waals surface area contributed by atoms with Crippen molar-refractivity contribution in [3.05, 3.63) is 41.7 Å². The Morgan fingerprint density at radius 3 is 2.88 bits per heavy atom. The van der Waals surface area contributed by atoms with Gasteiger partial charge in [0.15, 0.2) is 5.69 Å². The van der Waals surface area contributed by atoms with Gasteiger partial charge in [-0.15, -0.1) is 0 Å². The van der Waals surface area contributed by atoms with Crippen LogP contribution in [0.15, 0.2) is 29.0 Å². The minimum atomic E-state index is -0.744. The van der Waals surface area contributed by atoms with Crippen molar-refractivity contribution in [2.45, 2.75) is 0 Å². The smallest absolute Gasteiger partial charge is 0.279 e. The highest BCUT2D eigenvalue weighted by Crippen LogP contribution is 2.15. The van der Waals surface area contributed by atoms with Crippen molar-refractivity contribution in [2.24, 2.45) is 0 Å². The second-order valence-electron chi connectivity index (χ2n) is 2.87. The van der Waals surface area contributed by atoms with Gasteiger partial charge in [-0.05, 0) is 17.3 Å². The first-order valence-corrected chi connectivity index (χ1v) is 4.21. The van der Waals surface area contributed by atoms with Crippen LogP contribution in [0.3, 0.4) is 0 Å². The lowest BCUT2D eigenvalue weighted by Gasteiger charge is -2.03. The van der Waals surface area contributed by atoms with Crippen LogP contribution in [0.25, 0.3) is 0 Å². The maximum absolute atomic E-state index is 13.1. The van der Waals surface area contributed by atoms with Crippen molar-refractivity contribution < 1.29 is 18.2 Å². The van der Waals surface area contributed by atoms with E-state index in [2.05, 4.69) is 20.3 Å². The molecule has 0 aliphatic heterocycles. The number of aromatic nitrogens is 2. The van der Waals surface area contributed by atoms with Gasteiger partial charge in [-0.25, -0.2) is 13.4 Å². The SMILES string of the molecule is O=C(Nc1cc(F)ccc1F)c1cnon1. The van der Waals surface area contributed by atoms with Crippen LogP contribution < -0.4 is 5.32 Å². The Kier molecular flexibility index (Phi) is 2.59. The van der Waals surface area contributed by atoms with Crippen LogP contribution in [0, 0.1) is 11.6 Å². The van der Waals surface area contributed by atoms with E-state index in [9.17, 15) is 13.6 Å². The predicted octanol–water partition coefficient (Wildman–Crippen LogP) is 1.60. The Balaban J connectivity index is 2.21. The van der Waals surface area contributed by atoms with Crippen LogP contribution in [-0.2, 0) is 0 Å². The fraction of sp³-hybridized carbons (Fsp3) is 0. The molecule has 0 saturated heterocycles. The molecule has 0 aliphatic carbocycles. The van der Waals surface area contributed by atoms with E-state index >= 15 is 0 Å². The van der Waals surface area contributed by atoms with E-state index in [0.29, 0.717) is 0 Å².